The molecule has 1 aromatic carbocycles. The van der Waals surface area contributed by atoms with Gasteiger partial charge in [0.05, 0.1) is 12.0 Å². The van der Waals surface area contributed by atoms with Gasteiger partial charge in [0.25, 0.3) is 5.56 Å². The number of hydrogen-bond acceptors (Lipinski definition) is 5. The molecule has 2 bridgehead atoms. The van der Waals surface area contributed by atoms with Crippen LogP contribution in [0.1, 0.15) is 24.2 Å². The summed E-state index contributed by atoms with van der Waals surface area (Å²) in [6, 6.07) is 16.9. The zero-order chi connectivity index (χ0) is 22.9. The predicted molar refractivity (Wildman–Crippen MR) is 125 cm³/mol. The highest BCUT2D eigenvalue weighted by Crippen LogP contribution is 2.48. The molecular weight excluding hydrogens is 416 g/mol. The molecule has 2 aliphatic rings. The number of benzene rings is 1. The molecule has 0 saturated carbocycles. The number of hydrogen-bond donors (Lipinski definition) is 2. The van der Waals surface area contributed by atoms with Crippen LogP contribution in [0.25, 0.3) is 11.1 Å². The van der Waals surface area contributed by atoms with Gasteiger partial charge in [0, 0.05) is 55.3 Å². The number of likely N-dealkylation sites (N-methyl/N-ethyl adjacent to an activating group) is 1. The number of nitrogens with one attached hydrogen (secondary N) is 1. The standard InChI is InChI=1S/C26H28N4O3/c1-2-29-22-15-30-21(9-8-19(26(30)33)18-10-12-27-13-11-18)24(29)23(20(22)16-31)25(32)28-14-17-6-4-3-5-7-17/h3-13,20,22-24,31H,2,14-16H2,1H3,(H,28,32)/t20-,22-,23+,24+/m0/s1. The van der Waals surface area contributed by atoms with Gasteiger partial charge in [-0.3, -0.25) is 19.5 Å². The number of pyridine rings is 2. The lowest BCUT2D eigenvalue weighted by Gasteiger charge is -2.37. The van der Waals surface area contributed by atoms with Crippen molar-refractivity contribution in [3.05, 3.63) is 88.6 Å². The monoisotopic (exact) mass is 444 g/mol. The second kappa shape index (κ2) is 8.92. The van der Waals surface area contributed by atoms with E-state index >= 15 is 0 Å². The number of carbonyl (C=O) groups is 1. The van der Waals surface area contributed by atoms with Gasteiger partial charge in [-0.1, -0.05) is 37.3 Å². The molecule has 0 unspecified atom stereocenters. The highest BCUT2D eigenvalue weighted by atomic mass is 16.3. The van der Waals surface area contributed by atoms with Crippen LogP contribution in [0.3, 0.4) is 0 Å². The number of amides is 1. The Bertz CT molecular complexity index is 1200. The molecule has 0 radical (unpaired) electrons. The molecule has 4 heterocycles. The molecule has 0 spiro atoms. The molecule has 170 valence electrons. The summed E-state index contributed by atoms with van der Waals surface area (Å²) in [4.78, 5) is 33.2. The molecule has 7 heteroatoms. The predicted octanol–water partition coefficient (Wildman–Crippen LogP) is 2.21. The van der Waals surface area contributed by atoms with E-state index in [1.54, 1.807) is 12.4 Å². The van der Waals surface area contributed by atoms with Crippen LogP contribution < -0.4 is 10.9 Å². The van der Waals surface area contributed by atoms with E-state index in [-0.39, 0.29) is 36.1 Å². The molecule has 5 rings (SSSR count). The number of fused-ring (bicyclic) bond motifs is 4. The maximum absolute atomic E-state index is 13.5. The van der Waals surface area contributed by atoms with Crippen molar-refractivity contribution in [1.29, 1.82) is 0 Å². The minimum absolute atomic E-state index is 0.0634. The Kier molecular flexibility index (Phi) is 5.83. The molecule has 1 saturated heterocycles. The van der Waals surface area contributed by atoms with Crippen molar-refractivity contribution in [2.75, 3.05) is 13.2 Å². The van der Waals surface area contributed by atoms with Crippen LogP contribution in [0.4, 0.5) is 0 Å². The molecular formula is C26H28N4O3. The summed E-state index contributed by atoms with van der Waals surface area (Å²) in [5, 5.41) is 13.4. The maximum atomic E-state index is 13.5. The second-order valence-corrected chi connectivity index (χ2v) is 8.74. The van der Waals surface area contributed by atoms with Crippen LogP contribution in [0.5, 0.6) is 0 Å². The fraction of sp³-hybridized carbons (Fsp3) is 0.346. The van der Waals surface area contributed by atoms with E-state index in [9.17, 15) is 14.7 Å². The van der Waals surface area contributed by atoms with Gasteiger partial charge in [-0.25, -0.2) is 0 Å². The van der Waals surface area contributed by atoms with E-state index in [1.807, 2.05) is 59.2 Å². The van der Waals surface area contributed by atoms with Crippen molar-refractivity contribution >= 4 is 5.91 Å². The van der Waals surface area contributed by atoms with Gasteiger partial charge in [0.1, 0.15) is 0 Å². The highest BCUT2D eigenvalue weighted by Gasteiger charge is 2.55. The Morgan fingerprint density at radius 1 is 1.12 bits per heavy atom. The normalized spacial score (nSPS) is 23.8. The summed E-state index contributed by atoms with van der Waals surface area (Å²) in [5.74, 6) is -0.749. The number of carbonyl (C=O) groups excluding carboxylic acids is 1. The Morgan fingerprint density at radius 3 is 2.58 bits per heavy atom. The second-order valence-electron chi connectivity index (χ2n) is 8.74. The molecule has 0 aliphatic carbocycles. The van der Waals surface area contributed by atoms with E-state index < -0.39 is 5.92 Å². The number of aliphatic hydroxyl groups is 1. The first kappa shape index (κ1) is 21.6. The SMILES string of the molecule is CCN1[C@@H]2c3ccc(-c4ccncc4)c(=O)n3C[C@H]1[C@H](CO)[C@H]2C(=O)NCc1ccccc1. The van der Waals surface area contributed by atoms with Crippen molar-refractivity contribution in [1.82, 2.24) is 19.8 Å². The molecule has 1 amide bonds. The molecule has 3 aromatic rings. The van der Waals surface area contributed by atoms with Gasteiger partial charge >= 0.3 is 0 Å². The van der Waals surface area contributed by atoms with Crippen molar-refractivity contribution in [2.24, 2.45) is 11.8 Å². The first-order chi connectivity index (χ1) is 16.1. The van der Waals surface area contributed by atoms with Gasteiger partial charge in [-0.05, 0) is 41.9 Å². The number of rotatable bonds is 6. The van der Waals surface area contributed by atoms with Crippen molar-refractivity contribution < 1.29 is 9.90 Å². The van der Waals surface area contributed by atoms with Crippen LogP contribution in [0, 0.1) is 11.8 Å². The van der Waals surface area contributed by atoms with Gasteiger partial charge < -0.3 is 15.0 Å². The summed E-state index contributed by atoms with van der Waals surface area (Å²) in [7, 11) is 0. The zero-order valence-electron chi connectivity index (χ0n) is 18.6. The first-order valence-electron chi connectivity index (χ1n) is 11.5. The maximum Gasteiger partial charge on any atom is 0.258 e. The van der Waals surface area contributed by atoms with Crippen LogP contribution in [-0.4, -0.2) is 44.7 Å². The summed E-state index contributed by atoms with van der Waals surface area (Å²) >= 11 is 0. The summed E-state index contributed by atoms with van der Waals surface area (Å²) in [6.45, 7) is 3.62. The van der Waals surface area contributed by atoms with E-state index in [0.29, 0.717) is 18.7 Å². The average molecular weight is 445 g/mol. The third kappa shape index (κ3) is 3.67. The van der Waals surface area contributed by atoms with Crippen LogP contribution >= 0.6 is 0 Å². The fourth-order valence-electron chi connectivity index (χ4n) is 5.61. The molecule has 4 atom stereocenters. The van der Waals surface area contributed by atoms with E-state index in [4.69, 9.17) is 0 Å². The molecule has 33 heavy (non-hydrogen) atoms. The van der Waals surface area contributed by atoms with Crippen molar-refractivity contribution in [2.45, 2.75) is 32.1 Å². The Morgan fingerprint density at radius 2 is 1.88 bits per heavy atom. The largest absolute Gasteiger partial charge is 0.396 e. The lowest BCUT2D eigenvalue weighted by Crippen LogP contribution is -2.46. The van der Waals surface area contributed by atoms with Crippen LogP contribution in [0.15, 0.2) is 71.8 Å². The summed E-state index contributed by atoms with van der Waals surface area (Å²) in [5.41, 5.74) is 3.25. The summed E-state index contributed by atoms with van der Waals surface area (Å²) in [6.07, 6.45) is 3.35. The fourth-order valence-corrected chi connectivity index (χ4v) is 5.61. The average Bonchev–Trinajstić information content (AvgIpc) is 3.09. The minimum atomic E-state index is -0.427. The van der Waals surface area contributed by atoms with Gasteiger partial charge in [0.2, 0.25) is 5.91 Å². The Labute approximate surface area is 192 Å². The van der Waals surface area contributed by atoms with Crippen LogP contribution in [-0.2, 0) is 17.9 Å². The van der Waals surface area contributed by atoms with Gasteiger partial charge in [-0.2, -0.15) is 0 Å². The zero-order valence-corrected chi connectivity index (χ0v) is 18.6. The number of nitrogens with zero attached hydrogens (tertiary/aromatic N) is 3. The Balaban J connectivity index is 1.51. The minimum Gasteiger partial charge on any atom is -0.396 e. The molecule has 7 nitrogen and oxygen atoms in total. The third-order valence-electron chi connectivity index (χ3n) is 7.14. The third-order valence-corrected chi connectivity index (χ3v) is 7.14. The lowest BCUT2D eigenvalue weighted by molar-refractivity contribution is -0.127. The van der Waals surface area contributed by atoms with Crippen molar-refractivity contribution in [3.63, 3.8) is 0 Å². The van der Waals surface area contributed by atoms with E-state index in [1.165, 1.54) is 0 Å². The topological polar surface area (TPSA) is 87.5 Å². The highest BCUT2D eigenvalue weighted by molar-refractivity contribution is 5.80. The number of aliphatic hydroxyl groups excluding tert-OH is 1. The lowest BCUT2D eigenvalue weighted by atomic mass is 9.86. The van der Waals surface area contributed by atoms with Crippen molar-refractivity contribution in [3.8, 4) is 11.1 Å². The Hall–Kier alpha value is -3.29. The quantitative estimate of drug-likeness (QED) is 0.609. The summed E-state index contributed by atoms with van der Waals surface area (Å²) < 4.78 is 1.81. The van der Waals surface area contributed by atoms with E-state index in [2.05, 4.69) is 22.1 Å². The molecule has 2 aromatic heterocycles. The first-order valence-corrected chi connectivity index (χ1v) is 11.5. The molecule has 1 fully saturated rings. The molecule has 2 N–H and O–H groups in total. The van der Waals surface area contributed by atoms with Crippen LogP contribution in [0.2, 0.25) is 0 Å². The smallest absolute Gasteiger partial charge is 0.258 e. The van der Waals surface area contributed by atoms with E-state index in [0.717, 1.165) is 23.4 Å². The number of aromatic nitrogens is 2. The molecule has 2 aliphatic heterocycles. The van der Waals surface area contributed by atoms with Gasteiger partial charge in [-0.15, -0.1) is 0 Å². The van der Waals surface area contributed by atoms with Gasteiger partial charge in [0.15, 0.2) is 0 Å².